The van der Waals surface area contributed by atoms with Crippen molar-refractivity contribution >= 4 is 5.97 Å². The van der Waals surface area contributed by atoms with Gasteiger partial charge in [-0.1, -0.05) is 13.3 Å². The van der Waals surface area contributed by atoms with Crippen LogP contribution in [0.2, 0.25) is 0 Å². The first-order chi connectivity index (χ1) is 3.84. The van der Waals surface area contributed by atoms with Gasteiger partial charge in [0.2, 0.25) is 0 Å². The fourth-order valence-corrected chi connectivity index (χ4v) is 0.819. The van der Waals surface area contributed by atoms with Crippen LogP contribution in [0.4, 0.5) is 0 Å². The Morgan fingerprint density at radius 1 is 1.88 bits per heavy atom. The molecule has 0 N–H and O–H groups in total. The fourth-order valence-electron chi connectivity index (χ4n) is 0.819. The Morgan fingerprint density at radius 2 is 2.62 bits per heavy atom. The summed E-state index contributed by atoms with van der Waals surface area (Å²) < 4.78 is 4.56. The molecule has 1 aliphatic heterocycles. The maximum Gasteiger partial charge on any atom is 0.312 e. The van der Waals surface area contributed by atoms with Crippen LogP contribution >= 0.6 is 0 Å². The lowest BCUT2D eigenvalue weighted by molar-refractivity contribution is -0.168. The summed E-state index contributed by atoms with van der Waals surface area (Å²) in [6, 6.07) is 0. The van der Waals surface area contributed by atoms with Gasteiger partial charge in [0.15, 0.2) is 0 Å². The van der Waals surface area contributed by atoms with Gasteiger partial charge in [0, 0.05) is 0 Å². The lowest BCUT2D eigenvalue weighted by Crippen LogP contribution is -2.34. The molecule has 1 aliphatic rings. The normalized spacial score (nSPS) is 26.6. The van der Waals surface area contributed by atoms with Gasteiger partial charge >= 0.3 is 5.97 Å². The Bertz CT molecular complexity index is 98.7. The quantitative estimate of drug-likeness (QED) is 0.500. The highest BCUT2D eigenvalue weighted by Gasteiger charge is 2.28. The second-order valence-corrected chi connectivity index (χ2v) is 2.12. The van der Waals surface area contributed by atoms with E-state index in [1.165, 1.54) is 0 Å². The first-order valence-corrected chi connectivity index (χ1v) is 3.01. The van der Waals surface area contributed by atoms with E-state index in [0.717, 1.165) is 12.8 Å². The van der Waals surface area contributed by atoms with Crippen LogP contribution in [0.3, 0.4) is 0 Å². The fraction of sp³-hybridized carbons (Fsp3) is 0.833. The van der Waals surface area contributed by atoms with Crippen molar-refractivity contribution < 1.29 is 9.53 Å². The molecule has 2 nitrogen and oxygen atoms in total. The molecule has 1 unspecified atom stereocenters. The summed E-state index contributed by atoms with van der Waals surface area (Å²) in [7, 11) is 0. The van der Waals surface area contributed by atoms with E-state index < -0.39 is 0 Å². The molecule has 0 amide bonds. The molecule has 0 aromatic rings. The molecule has 1 heterocycles. The molecule has 46 valence electrons. The molecule has 1 saturated heterocycles. The van der Waals surface area contributed by atoms with Crippen molar-refractivity contribution in [2.45, 2.75) is 19.8 Å². The zero-order valence-electron chi connectivity index (χ0n) is 5.02. The van der Waals surface area contributed by atoms with Crippen LogP contribution in [0.1, 0.15) is 19.8 Å². The summed E-state index contributed by atoms with van der Waals surface area (Å²) in [4.78, 5) is 10.4. The van der Waals surface area contributed by atoms with Crippen molar-refractivity contribution in [3.8, 4) is 0 Å². The van der Waals surface area contributed by atoms with Gasteiger partial charge in [0.1, 0.15) is 6.61 Å². The molecular weight excluding hydrogens is 104 g/mol. The van der Waals surface area contributed by atoms with Crippen LogP contribution in [0.15, 0.2) is 0 Å². The molecule has 1 rings (SSSR count). The van der Waals surface area contributed by atoms with Crippen molar-refractivity contribution in [3.63, 3.8) is 0 Å². The zero-order chi connectivity index (χ0) is 5.98. The van der Waals surface area contributed by atoms with Gasteiger partial charge in [-0.15, -0.1) is 0 Å². The minimum Gasteiger partial charge on any atom is -0.464 e. The molecule has 8 heavy (non-hydrogen) atoms. The van der Waals surface area contributed by atoms with Gasteiger partial charge in [-0.2, -0.15) is 0 Å². The molecule has 0 saturated carbocycles. The minimum atomic E-state index is -0.00755. The minimum absolute atomic E-state index is 0.00755. The standard InChI is InChI=1S/C6H10O2/c1-2-3-5-4-8-6(5)7/h5H,2-4H2,1H3. The van der Waals surface area contributed by atoms with Crippen molar-refractivity contribution in [3.05, 3.63) is 0 Å². The molecule has 1 fully saturated rings. The predicted molar refractivity (Wildman–Crippen MR) is 29.4 cm³/mol. The van der Waals surface area contributed by atoms with Gasteiger partial charge in [-0.25, -0.2) is 0 Å². The monoisotopic (exact) mass is 114 g/mol. The summed E-state index contributed by atoms with van der Waals surface area (Å²) in [5.74, 6) is 0.229. The number of hydrogen-bond donors (Lipinski definition) is 0. The average molecular weight is 114 g/mol. The highest BCUT2D eigenvalue weighted by Crippen LogP contribution is 2.17. The Labute approximate surface area is 48.8 Å². The van der Waals surface area contributed by atoms with Crippen LogP contribution < -0.4 is 0 Å². The number of cyclic esters (lactones) is 1. The van der Waals surface area contributed by atoms with Crippen LogP contribution in [-0.2, 0) is 9.53 Å². The number of carbonyl (C=O) groups excluding carboxylic acids is 1. The van der Waals surface area contributed by atoms with Crippen LogP contribution in [-0.4, -0.2) is 12.6 Å². The maximum absolute atomic E-state index is 10.4. The van der Waals surface area contributed by atoms with E-state index >= 15 is 0 Å². The van der Waals surface area contributed by atoms with E-state index in [9.17, 15) is 4.79 Å². The average Bonchev–Trinajstić information content (AvgIpc) is 1.79. The highest BCUT2D eigenvalue weighted by atomic mass is 16.6. The van der Waals surface area contributed by atoms with E-state index in [0.29, 0.717) is 6.61 Å². The third-order valence-electron chi connectivity index (χ3n) is 1.40. The second kappa shape index (κ2) is 2.16. The van der Waals surface area contributed by atoms with Gasteiger partial charge in [0.25, 0.3) is 0 Å². The Morgan fingerprint density at radius 3 is 2.75 bits per heavy atom. The SMILES string of the molecule is CCCC1COC1=O. The van der Waals surface area contributed by atoms with Crippen LogP contribution in [0.25, 0.3) is 0 Å². The van der Waals surface area contributed by atoms with E-state index in [4.69, 9.17) is 0 Å². The van der Waals surface area contributed by atoms with Gasteiger partial charge in [-0.3, -0.25) is 4.79 Å². The van der Waals surface area contributed by atoms with Crippen molar-refractivity contribution in [1.82, 2.24) is 0 Å². The molecule has 0 bridgehead atoms. The predicted octanol–water partition coefficient (Wildman–Crippen LogP) is 0.960. The zero-order valence-corrected chi connectivity index (χ0v) is 5.02. The first-order valence-electron chi connectivity index (χ1n) is 3.01. The Kier molecular flexibility index (Phi) is 1.51. The van der Waals surface area contributed by atoms with Crippen molar-refractivity contribution in [2.24, 2.45) is 5.92 Å². The third-order valence-corrected chi connectivity index (χ3v) is 1.40. The summed E-state index contributed by atoms with van der Waals surface area (Å²) in [6.07, 6.45) is 2.08. The lowest BCUT2D eigenvalue weighted by Gasteiger charge is -2.23. The number of hydrogen-bond acceptors (Lipinski definition) is 2. The van der Waals surface area contributed by atoms with Crippen molar-refractivity contribution in [2.75, 3.05) is 6.61 Å². The molecule has 0 aliphatic carbocycles. The molecule has 0 aromatic carbocycles. The number of rotatable bonds is 2. The molecule has 0 radical (unpaired) electrons. The first kappa shape index (κ1) is 5.60. The van der Waals surface area contributed by atoms with Gasteiger partial charge in [0.05, 0.1) is 5.92 Å². The van der Waals surface area contributed by atoms with Gasteiger partial charge < -0.3 is 4.74 Å². The third kappa shape index (κ3) is 0.831. The summed E-state index contributed by atoms with van der Waals surface area (Å²) in [5, 5.41) is 0. The van der Waals surface area contributed by atoms with E-state index in [1.807, 2.05) is 0 Å². The molecular formula is C6H10O2. The van der Waals surface area contributed by atoms with E-state index in [1.54, 1.807) is 0 Å². The van der Waals surface area contributed by atoms with Crippen LogP contribution in [0, 0.1) is 5.92 Å². The highest BCUT2D eigenvalue weighted by molar-refractivity contribution is 5.77. The molecule has 2 heteroatoms. The molecule has 0 aromatic heterocycles. The topological polar surface area (TPSA) is 26.3 Å². The Balaban J connectivity index is 2.17. The van der Waals surface area contributed by atoms with Gasteiger partial charge in [-0.05, 0) is 6.42 Å². The van der Waals surface area contributed by atoms with E-state index in [2.05, 4.69) is 11.7 Å². The summed E-state index contributed by atoms with van der Waals surface area (Å²) in [6.45, 7) is 2.73. The second-order valence-electron chi connectivity index (χ2n) is 2.12. The maximum atomic E-state index is 10.4. The largest absolute Gasteiger partial charge is 0.464 e. The smallest absolute Gasteiger partial charge is 0.312 e. The molecule has 1 atom stereocenters. The Hall–Kier alpha value is -0.530. The number of carbonyl (C=O) groups is 1. The van der Waals surface area contributed by atoms with Crippen molar-refractivity contribution in [1.29, 1.82) is 0 Å². The summed E-state index contributed by atoms with van der Waals surface area (Å²) in [5.41, 5.74) is 0. The number of ether oxygens (including phenoxy) is 1. The molecule has 0 spiro atoms. The number of esters is 1. The summed E-state index contributed by atoms with van der Waals surface area (Å²) >= 11 is 0. The lowest BCUT2D eigenvalue weighted by atomic mass is 10.0. The van der Waals surface area contributed by atoms with Crippen LogP contribution in [0.5, 0.6) is 0 Å². The van der Waals surface area contributed by atoms with E-state index in [-0.39, 0.29) is 11.9 Å².